The third kappa shape index (κ3) is 10.1. The van der Waals surface area contributed by atoms with E-state index in [0.717, 1.165) is 24.3 Å². The Bertz CT molecular complexity index is 165. The third-order valence-corrected chi connectivity index (χ3v) is 3.07. The fourth-order valence-corrected chi connectivity index (χ4v) is 1.70. The summed E-state index contributed by atoms with van der Waals surface area (Å²) in [7, 11) is 0. The van der Waals surface area contributed by atoms with Crippen molar-refractivity contribution in [3.8, 4) is 0 Å². The Balaban J connectivity index is 3.36. The lowest BCUT2D eigenvalue weighted by atomic mass is 10.3. The van der Waals surface area contributed by atoms with Crippen LogP contribution in [0, 0.1) is 0 Å². The van der Waals surface area contributed by atoms with E-state index in [2.05, 4.69) is 26.1 Å². The van der Waals surface area contributed by atoms with E-state index in [1.54, 1.807) is 0 Å². The molecule has 1 N–H and O–H groups in total. The van der Waals surface area contributed by atoms with Gasteiger partial charge in [-0.3, -0.25) is 4.79 Å². The molecule has 0 saturated carbocycles. The Morgan fingerprint density at radius 3 is 2.80 bits per heavy atom. The summed E-state index contributed by atoms with van der Waals surface area (Å²) < 4.78 is 5.03. The summed E-state index contributed by atoms with van der Waals surface area (Å²) in [6.45, 7) is 7.18. The summed E-state index contributed by atoms with van der Waals surface area (Å²) in [6, 6.07) is 0.369. The van der Waals surface area contributed by atoms with Gasteiger partial charge in [0.05, 0.1) is 13.2 Å². The molecule has 90 valence electrons. The number of unbranched alkanes of at least 4 members (excludes halogenated alkanes) is 1. The quantitative estimate of drug-likeness (QED) is 0.489. The summed E-state index contributed by atoms with van der Waals surface area (Å²) in [5, 5.41) is 3.15. The van der Waals surface area contributed by atoms with E-state index in [-0.39, 0.29) is 5.97 Å². The number of hydrogen-bond acceptors (Lipinski definition) is 4. The third-order valence-electron chi connectivity index (χ3n) is 1.93. The highest BCUT2D eigenvalue weighted by Gasteiger charge is 2.05. The molecule has 0 aromatic rings. The molecule has 0 aliphatic rings. The molecule has 1 atom stereocenters. The second kappa shape index (κ2) is 10.3. The number of thioether (sulfide) groups is 1. The molecule has 4 heteroatoms. The van der Waals surface area contributed by atoms with Gasteiger partial charge in [-0.1, -0.05) is 20.3 Å². The maximum absolute atomic E-state index is 11.2. The van der Waals surface area contributed by atoms with E-state index in [4.69, 9.17) is 4.74 Å². The highest BCUT2D eigenvalue weighted by molar-refractivity contribution is 7.99. The number of nitrogens with one attached hydrogen (secondary N) is 1. The number of rotatable bonds is 9. The molecule has 0 aliphatic heterocycles. The topological polar surface area (TPSA) is 38.3 Å². The van der Waals surface area contributed by atoms with Crippen LogP contribution in [0.4, 0.5) is 0 Å². The molecule has 0 amide bonds. The van der Waals surface area contributed by atoms with Crippen molar-refractivity contribution in [1.29, 1.82) is 0 Å². The molecule has 15 heavy (non-hydrogen) atoms. The minimum absolute atomic E-state index is 0.142. The fourth-order valence-electron chi connectivity index (χ4n) is 0.992. The second-order valence-corrected chi connectivity index (χ2v) is 4.83. The lowest BCUT2D eigenvalue weighted by molar-refractivity contribution is -0.142. The van der Waals surface area contributed by atoms with Crippen LogP contribution >= 0.6 is 11.8 Å². The second-order valence-electron chi connectivity index (χ2n) is 3.52. The maximum atomic E-state index is 11.2. The monoisotopic (exact) mass is 233 g/mol. The Kier molecular flexibility index (Phi) is 10.2. The van der Waals surface area contributed by atoms with E-state index in [1.807, 2.05) is 11.8 Å². The number of hydrogen-bond donors (Lipinski definition) is 1. The van der Waals surface area contributed by atoms with Crippen molar-refractivity contribution in [2.45, 2.75) is 39.7 Å². The number of carbonyl (C=O) groups excluding carboxylic acids is 1. The predicted molar refractivity (Wildman–Crippen MR) is 66.3 cm³/mol. The van der Waals surface area contributed by atoms with Gasteiger partial charge in [0.25, 0.3) is 0 Å². The molecule has 0 bridgehead atoms. The van der Waals surface area contributed by atoms with Crippen molar-refractivity contribution in [3.05, 3.63) is 0 Å². The summed E-state index contributed by atoms with van der Waals surface area (Å²) in [4.78, 5) is 11.2. The van der Waals surface area contributed by atoms with Gasteiger partial charge in [-0.15, -0.1) is 0 Å². The van der Waals surface area contributed by atoms with E-state index in [9.17, 15) is 4.79 Å². The van der Waals surface area contributed by atoms with Crippen molar-refractivity contribution in [2.24, 2.45) is 0 Å². The van der Waals surface area contributed by atoms with E-state index in [0.29, 0.717) is 19.2 Å². The molecular formula is C11H23NO2S. The van der Waals surface area contributed by atoms with Gasteiger partial charge in [-0.2, -0.15) is 11.8 Å². The lowest BCUT2D eigenvalue weighted by Gasteiger charge is -2.12. The van der Waals surface area contributed by atoms with Crippen LogP contribution in [0.5, 0.6) is 0 Å². The Morgan fingerprint density at radius 2 is 2.20 bits per heavy atom. The van der Waals surface area contributed by atoms with E-state index < -0.39 is 0 Å². The molecular weight excluding hydrogens is 210 g/mol. The van der Waals surface area contributed by atoms with Crippen molar-refractivity contribution in [3.63, 3.8) is 0 Å². The molecule has 0 fully saturated rings. The zero-order valence-corrected chi connectivity index (χ0v) is 10.9. The largest absolute Gasteiger partial charge is 0.465 e. The van der Waals surface area contributed by atoms with E-state index >= 15 is 0 Å². The molecule has 1 unspecified atom stereocenters. The molecule has 0 spiro atoms. The highest BCUT2D eigenvalue weighted by atomic mass is 32.2. The summed E-state index contributed by atoms with van der Waals surface area (Å²) >= 11 is 1.87. The van der Waals surface area contributed by atoms with Crippen LogP contribution in [0.1, 0.15) is 33.6 Å². The lowest BCUT2D eigenvalue weighted by Crippen LogP contribution is -2.34. The minimum Gasteiger partial charge on any atom is -0.465 e. The van der Waals surface area contributed by atoms with Gasteiger partial charge in [0.15, 0.2) is 0 Å². The molecule has 0 saturated heterocycles. The number of carbonyl (C=O) groups is 1. The Hall–Kier alpha value is -0.220. The van der Waals surface area contributed by atoms with Crippen LogP contribution in [0.3, 0.4) is 0 Å². The van der Waals surface area contributed by atoms with Crippen LogP contribution in [0.25, 0.3) is 0 Å². The van der Waals surface area contributed by atoms with Gasteiger partial charge >= 0.3 is 5.97 Å². The molecule has 0 heterocycles. The van der Waals surface area contributed by atoms with Crippen LogP contribution in [0.2, 0.25) is 0 Å². The van der Waals surface area contributed by atoms with Crippen molar-refractivity contribution < 1.29 is 9.53 Å². The SMILES string of the molecule is CCCCOC(=O)CNC(C)CSCC. The summed E-state index contributed by atoms with van der Waals surface area (Å²) in [5.41, 5.74) is 0. The standard InChI is InChI=1S/C11H23NO2S/c1-4-6-7-14-11(13)8-12-10(3)9-15-5-2/h10,12H,4-9H2,1-3H3. The Morgan fingerprint density at radius 1 is 1.47 bits per heavy atom. The summed E-state index contributed by atoms with van der Waals surface area (Å²) in [5.74, 6) is 2.02. The molecule has 0 aromatic heterocycles. The average Bonchev–Trinajstić information content (AvgIpc) is 2.24. The number of ether oxygens (including phenoxy) is 1. The molecule has 0 aromatic carbocycles. The van der Waals surface area contributed by atoms with Gasteiger partial charge in [-0.25, -0.2) is 0 Å². The molecule has 0 radical (unpaired) electrons. The van der Waals surface area contributed by atoms with Gasteiger partial charge < -0.3 is 10.1 Å². The van der Waals surface area contributed by atoms with Crippen LogP contribution in [-0.4, -0.2) is 36.7 Å². The van der Waals surface area contributed by atoms with Gasteiger partial charge in [0, 0.05) is 11.8 Å². The zero-order chi connectivity index (χ0) is 11.5. The van der Waals surface area contributed by atoms with Crippen molar-refractivity contribution in [2.75, 3.05) is 24.7 Å². The highest BCUT2D eigenvalue weighted by Crippen LogP contribution is 2.00. The van der Waals surface area contributed by atoms with Crippen LogP contribution in [-0.2, 0) is 9.53 Å². The normalized spacial score (nSPS) is 12.5. The predicted octanol–water partition coefficient (Wildman–Crippen LogP) is 2.06. The number of esters is 1. The van der Waals surface area contributed by atoms with Crippen molar-refractivity contribution >= 4 is 17.7 Å². The molecule has 0 aliphatic carbocycles. The first-order chi connectivity index (χ1) is 7.20. The smallest absolute Gasteiger partial charge is 0.319 e. The first-order valence-corrected chi connectivity index (χ1v) is 6.82. The first kappa shape index (κ1) is 14.8. The zero-order valence-electron chi connectivity index (χ0n) is 10.0. The summed E-state index contributed by atoms with van der Waals surface area (Å²) in [6.07, 6.45) is 2.01. The van der Waals surface area contributed by atoms with Crippen molar-refractivity contribution in [1.82, 2.24) is 5.32 Å². The first-order valence-electron chi connectivity index (χ1n) is 5.67. The van der Waals surface area contributed by atoms with E-state index in [1.165, 1.54) is 0 Å². The van der Waals surface area contributed by atoms with Crippen LogP contribution < -0.4 is 5.32 Å². The molecule has 3 nitrogen and oxygen atoms in total. The average molecular weight is 233 g/mol. The maximum Gasteiger partial charge on any atom is 0.319 e. The fraction of sp³-hybridized carbons (Fsp3) is 0.909. The van der Waals surface area contributed by atoms with Gasteiger partial charge in [-0.05, 0) is 19.1 Å². The Labute approximate surface area is 97.3 Å². The van der Waals surface area contributed by atoms with Gasteiger partial charge in [0.2, 0.25) is 0 Å². The molecule has 0 rings (SSSR count). The minimum atomic E-state index is -0.142. The van der Waals surface area contributed by atoms with Gasteiger partial charge in [0.1, 0.15) is 0 Å². The van der Waals surface area contributed by atoms with Crippen LogP contribution in [0.15, 0.2) is 0 Å².